The van der Waals surface area contributed by atoms with Crippen LogP contribution in [-0.4, -0.2) is 73.1 Å². The van der Waals surface area contributed by atoms with E-state index in [0.29, 0.717) is 12.1 Å². The van der Waals surface area contributed by atoms with E-state index in [9.17, 15) is 4.79 Å². The first-order valence-corrected chi connectivity index (χ1v) is 10.4. The maximum atomic E-state index is 12.4. The molecule has 0 unspecified atom stereocenters. The molecule has 1 saturated carbocycles. The Bertz CT molecular complexity index is 654. The van der Waals surface area contributed by atoms with Crippen LogP contribution in [0.3, 0.4) is 0 Å². The SMILES string of the molecule is CN(C)c1cc(N2CCC(N3CCC[C@@H](C(=O)NC4CC4)C3)CC2)ncn1. The highest BCUT2D eigenvalue weighted by atomic mass is 16.2. The molecule has 0 bridgehead atoms. The Morgan fingerprint density at radius 1 is 1.11 bits per heavy atom. The molecule has 2 saturated heterocycles. The van der Waals surface area contributed by atoms with E-state index in [2.05, 4.69) is 31.2 Å². The third-order valence-corrected chi connectivity index (χ3v) is 6.15. The van der Waals surface area contributed by atoms with Gasteiger partial charge in [-0.3, -0.25) is 9.69 Å². The minimum Gasteiger partial charge on any atom is -0.363 e. The van der Waals surface area contributed by atoms with Gasteiger partial charge >= 0.3 is 0 Å². The summed E-state index contributed by atoms with van der Waals surface area (Å²) in [6.07, 6.45) is 8.45. The van der Waals surface area contributed by atoms with E-state index in [1.165, 1.54) is 12.8 Å². The molecule has 2 aliphatic heterocycles. The van der Waals surface area contributed by atoms with Crippen LogP contribution < -0.4 is 15.1 Å². The molecule has 1 N–H and O–H groups in total. The molecule has 4 rings (SSSR count). The first-order chi connectivity index (χ1) is 13.1. The van der Waals surface area contributed by atoms with Gasteiger partial charge in [0.1, 0.15) is 18.0 Å². The van der Waals surface area contributed by atoms with Gasteiger partial charge in [-0.2, -0.15) is 0 Å². The number of aromatic nitrogens is 2. The van der Waals surface area contributed by atoms with E-state index in [4.69, 9.17) is 0 Å². The van der Waals surface area contributed by atoms with Crippen LogP contribution in [0, 0.1) is 5.92 Å². The number of rotatable bonds is 5. The van der Waals surface area contributed by atoms with Gasteiger partial charge in [0.2, 0.25) is 5.91 Å². The van der Waals surface area contributed by atoms with E-state index in [-0.39, 0.29) is 11.8 Å². The van der Waals surface area contributed by atoms with Crippen molar-refractivity contribution in [1.82, 2.24) is 20.2 Å². The number of piperidine rings is 2. The topological polar surface area (TPSA) is 64.6 Å². The number of hydrogen-bond acceptors (Lipinski definition) is 6. The summed E-state index contributed by atoms with van der Waals surface area (Å²) in [6.45, 7) is 4.10. The van der Waals surface area contributed by atoms with Crippen LogP contribution in [0.25, 0.3) is 0 Å². The number of carbonyl (C=O) groups is 1. The van der Waals surface area contributed by atoms with Gasteiger partial charge < -0.3 is 15.1 Å². The predicted octanol–water partition coefficient (Wildman–Crippen LogP) is 1.50. The van der Waals surface area contributed by atoms with Crippen molar-refractivity contribution in [2.45, 2.75) is 50.6 Å². The zero-order valence-corrected chi connectivity index (χ0v) is 16.6. The van der Waals surface area contributed by atoms with Gasteiger partial charge in [-0.05, 0) is 45.1 Å². The second-order valence-electron chi connectivity index (χ2n) is 8.46. The second-order valence-corrected chi connectivity index (χ2v) is 8.46. The van der Waals surface area contributed by atoms with Crippen LogP contribution in [0.2, 0.25) is 0 Å². The van der Waals surface area contributed by atoms with Crippen LogP contribution in [0.5, 0.6) is 0 Å². The molecule has 3 aliphatic rings. The number of nitrogens with one attached hydrogen (secondary N) is 1. The first kappa shape index (κ1) is 18.5. The van der Waals surface area contributed by atoms with Gasteiger partial charge in [0.05, 0.1) is 5.92 Å². The molecule has 27 heavy (non-hydrogen) atoms. The zero-order valence-electron chi connectivity index (χ0n) is 16.6. The van der Waals surface area contributed by atoms with Gasteiger partial charge in [-0.15, -0.1) is 0 Å². The molecule has 7 heteroatoms. The predicted molar refractivity (Wildman–Crippen MR) is 107 cm³/mol. The lowest BCUT2D eigenvalue weighted by atomic mass is 9.93. The lowest BCUT2D eigenvalue weighted by Crippen LogP contribution is -2.51. The van der Waals surface area contributed by atoms with Gasteiger partial charge in [-0.25, -0.2) is 9.97 Å². The maximum Gasteiger partial charge on any atom is 0.224 e. The van der Waals surface area contributed by atoms with Crippen molar-refractivity contribution >= 4 is 17.5 Å². The number of anilines is 2. The molecule has 3 fully saturated rings. The Kier molecular flexibility index (Phi) is 5.48. The Morgan fingerprint density at radius 2 is 1.89 bits per heavy atom. The standard InChI is InChI=1S/C20H32N6O/c1-24(2)18-12-19(22-14-21-18)25-10-7-17(8-11-25)26-9-3-4-15(13-26)20(27)23-16-5-6-16/h12,14-17H,3-11,13H2,1-2H3,(H,23,27)/t15-/m1/s1. The van der Waals surface area contributed by atoms with Crippen LogP contribution in [0.1, 0.15) is 38.5 Å². The highest BCUT2D eigenvalue weighted by molar-refractivity contribution is 5.79. The lowest BCUT2D eigenvalue weighted by Gasteiger charge is -2.42. The molecule has 3 heterocycles. The van der Waals surface area contributed by atoms with Crippen molar-refractivity contribution in [2.75, 3.05) is 50.1 Å². The van der Waals surface area contributed by atoms with Crippen molar-refractivity contribution < 1.29 is 4.79 Å². The second kappa shape index (κ2) is 8.00. The number of carbonyl (C=O) groups excluding carboxylic acids is 1. The number of hydrogen-bond donors (Lipinski definition) is 1. The fourth-order valence-corrected chi connectivity index (χ4v) is 4.31. The van der Waals surface area contributed by atoms with E-state index < -0.39 is 0 Å². The van der Waals surface area contributed by atoms with Crippen molar-refractivity contribution in [1.29, 1.82) is 0 Å². The lowest BCUT2D eigenvalue weighted by molar-refractivity contribution is -0.127. The Hall–Kier alpha value is -1.89. The van der Waals surface area contributed by atoms with Gasteiger partial charge in [-0.1, -0.05) is 0 Å². The molecule has 1 amide bonds. The van der Waals surface area contributed by atoms with Crippen molar-refractivity contribution in [3.63, 3.8) is 0 Å². The molecule has 1 atom stereocenters. The summed E-state index contributed by atoms with van der Waals surface area (Å²) in [5, 5.41) is 3.20. The summed E-state index contributed by atoms with van der Waals surface area (Å²) in [5.74, 6) is 2.44. The Labute approximate surface area is 162 Å². The van der Waals surface area contributed by atoms with E-state index in [1.807, 2.05) is 19.0 Å². The van der Waals surface area contributed by atoms with Crippen molar-refractivity contribution in [3.05, 3.63) is 12.4 Å². The fourth-order valence-electron chi connectivity index (χ4n) is 4.31. The van der Waals surface area contributed by atoms with Gasteiger partial charge in [0, 0.05) is 51.9 Å². The smallest absolute Gasteiger partial charge is 0.224 e. The molecular formula is C20H32N6O. The van der Waals surface area contributed by atoms with Crippen LogP contribution >= 0.6 is 0 Å². The average Bonchev–Trinajstić information content (AvgIpc) is 3.52. The Morgan fingerprint density at radius 3 is 2.59 bits per heavy atom. The highest BCUT2D eigenvalue weighted by Gasteiger charge is 2.33. The summed E-state index contributed by atoms with van der Waals surface area (Å²) in [7, 11) is 4.01. The van der Waals surface area contributed by atoms with Gasteiger partial charge in [0.15, 0.2) is 0 Å². The Balaban J connectivity index is 1.30. The van der Waals surface area contributed by atoms with Crippen LogP contribution in [-0.2, 0) is 4.79 Å². The fraction of sp³-hybridized carbons (Fsp3) is 0.750. The summed E-state index contributed by atoms with van der Waals surface area (Å²) < 4.78 is 0. The van der Waals surface area contributed by atoms with Crippen molar-refractivity contribution in [3.8, 4) is 0 Å². The summed E-state index contributed by atoms with van der Waals surface area (Å²) >= 11 is 0. The zero-order chi connectivity index (χ0) is 18.8. The number of nitrogens with zero attached hydrogens (tertiary/aromatic N) is 5. The molecule has 0 aromatic carbocycles. The molecule has 0 spiro atoms. The monoisotopic (exact) mass is 372 g/mol. The average molecular weight is 373 g/mol. The molecule has 1 aliphatic carbocycles. The largest absolute Gasteiger partial charge is 0.363 e. The summed E-state index contributed by atoms with van der Waals surface area (Å²) in [6, 6.07) is 3.13. The number of amides is 1. The summed E-state index contributed by atoms with van der Waals surface area (Å²) in [5.41, 5.74) is 0. The van der Waals surface area contributed by atoms with E-state index in [1.54, 1.807) is 6.33 Å². The molecule has 1 aromatic rings. The van der Waals surface area contributed by atoms with Crippen LogP contribution in [0.4, 0.5) is 11.6 Å². The summed E-state index contributed by atoms with van der Waals surface area (Å²) in [4.78, 5) is 28.2. The third-order valence-electron chi connectivity index (χ3n) is 6.15. The quantitative estimate of drug-likeness (QED) is 0.845. The third kappa shape index (κ3) is 4.51. The molecule has 0 radical (unpaired) electrons. The minimum atomic E-state index is 0.182. The molecular weight excluding hydrogens is 340 g/mol. The molecule has 7 nitrogen and oxygen atoms in total. The van der Waals surface area contributed by atoms with Crippen molar-refractivity contribution in [2.24, 2.45) is 5.92 Å². The number of likely N-dealkylation sites (tertiary alicyclic amines) is 1. The van der Waals surface area contributed by atoms with Crippen LogP contribution in [0.15, 0.2) is 12.4 Å². The minimum absolute atomic E-state index is 0.182. The van der Waals surface area contributed by atoms with Gasteiger partial charge in [0.25, 0.3) is 0 Å². The van der Waals surface area contributed by atoms with E-state index in [0.717, 1.165) is 63.5 Å². The normalized spacial score (nSPS) is 24.7. The maximum absolute atomic E-state index is 12.4. The van der Waals surface area contributed by atoms with E-state index >= 15 is 0 Å². The first-order valence-electron chi connectivity index (χ1n) is 10.4. The molecule has 1 aromatic heterocycles. The highest BCUT2D eigenvalue weighted by Crippen LogP contribution is 2.27. The molecule has 148 valence electrons.